The molecule has 1 fully saturated rings. The molecule has 1 aliphatic rings. The van der Waals surface area contributed by atoms with E-state index in [1.54, 1.807) is 28.4 Å². The van der Waals surface area contributed by atoms with Gasteiger partial charge in [-0.1, -0.05) is 0 Å². The SMILES string of the molecule is COc1ccc(C(=O)N2CCN(Cc3cc(OC)c(OC)cc3OC)CC2)cc1. The maximum atomic E-state index is 12.7. The summed E-state index contributed by atoms with van der Waals surface area (Å²) < 4.78 is 21.5. The van der Waals surface area contributed by atoms with E-state index in [0.29, 0.717) is 36.7 Å². The van der Waals surface area contributed by atoms with E-state index < -0.39 is 0 Å². The van der Waals surface area contributed by atoms with Gasteiger partial charge in [0.05, 0.1) is 28.4 Å². The molecule has 0 aromatic heterocycles. The van der Waals surface area contributed by atoms with Crippen LogP contribution in [0.15, 0.2) is 36.4 Å². The molecule has 29 heavy (non-hydrogen) atoms. The zero-order chi connectivity index (χ0) is 20.8. The van der Waals surface area contributed by atoms with Crippen LogP contribution in [-0.4, -0.2) is 70.3 Å². The largest absolute Gasteiger partial charge is 0.497 e. The Morgan fingerprint density at radius 1 is 0.793 bits per heavy atom. The lowest BCUT2D eigenvalue weighted by molar-refractivity contribution is 0.0627. The highest BCUT2D eigenvalue weighted by Gasteiger charge is 2.23. The summed E-state index contributed by atoms with van der Waals surface area (Å²) in [5, 5.41) is 0. The number of hydrogen-bond donors (Lipinski definition) is 0. The topological polar surface area (TPSA) is 60.5 Å². The second-order valence-corrected chi connectivity index (χ2v) is 6.82. The van der Waals surface area contributed by atoms with E-state index in [1.807, 2.05) is 41.3 Å². The molecular formula is C22H28N2O5. The number of nitrogens with zero attached hydrogens (tertiary/aromatic N) is 2. The predicted molar refractivity (Wildman–Crippen MR) is 110 cm³/mol. The Morgan fingerprint density at radius 3 is 1.93 bits per heavy atom. The van der Waals surface area contributed by atoms with Gasteiger partial charge >= 0.3 is 0 Å². The van der Waals surface area contributed by atoms with Crippen molar-refractivity contribution >= 4 is 5.91 Å². The molecule has 2 aromatic carbocycles. The van der Waals surface area contributed by atoms with E-state index in [0.717, 1.165) is 30.2 Å². The molecule has 1 aliphatic heterocycles. The molecule has 7 nitrogen and oxygen atoms in total. The Bertz CT molecular complexity index is 830. The molecule has 0 aliphatic carbocycles. The number of benzene rings is 2. The molecule has 1 saturated heterocycles. The van der Waals surface area contributed by atoms with Gasteiger partial charge in [-0.15, -0.1) is 0 Å². The van der Waals surface area contributed by atoms with E-state index in [4.69, 9.17) is 18.9 Å². The van der Waals surface area contributed by atoms with Crippen LogP contribution in [0.25, 0.3) is 0 Å². The number of carbonyl (C=O) groups is 1. The summed E-state index contributed by atoms with van der Waals surface area (Å²) in [5.74, 6) is 2.88. The fourth-order valence-electron chi connectivity index (χ4n) is 3.48. The minimum Gasteiger partial charge on any atom is -0.497 e. The normalized spacial score (nSPS) is 14.4. The van der Waals surface area contributed by atoms with Crippen molar-refractivity contribution in [2.75, 3.05) is 54.6 Å². The van der Waals surface area contributed by atoms with E-state index in [9.17, 15) is 4.79 Å². The highest BCUT2D eigenvalue weighted by atomic mass is 16.5. The Labute approximate surface area is 171 Å². The van der Waals surface area contributed by atoms with Crippen LogP contribution in [0, 0.1) is 0 Å². The molecular weight excluding hydrogens is 372 g/mol. The number of rotatable bonds is 7. The molecule has 0 radical (unpaired) electrons. The minimum atomic E-state index is 0.0519. The third-order valence-electron chi connectivity index (χ3n) is 5.18. The summed E-state index contributed by atoms with van der Waals surface area (Å²) in [6.07, 6.45) is 0. The molecule has 0 atom stereocenters. The van der Waals surface area contributed by atoms with Gasteiger partial charge in [0.15, 0.2) is 11.5 Å². The van der Waals surface area contributed by atoms with Crippen molar-refractivity contribution in [3.8, 4) is 23.0 Å². The van der Waals surface area contributed by atoms with E-state index >= 15 is 0 Å². The first kappa shape index (κ1) is 20.8. The van der Waals surface area contributed by atoms with Gasteiger partial charge in [-0.05, 0) is 30.3 Å². The van der Waals surface area contributed by atoms with Crippen molar-refractivity contribution in [2.45, 2.75) is 6.54 Å². The Balaban J connectivity index is 1.63. The van der Waals surface area contributed by atoms with Gasteiger partial charge in [-0.25, -0.2) is 0 Å². The molecule has 0 N–H and O–H groups in total. The second-order valence-electron chi connectivity index (χ2n) is 6.82. The van der Waals surface area contributed by atoms with Crippen LogP contribution in [0.5, 0.6) is 23.0 Å². The lowest BCUT2D eigenvalue weighted by Crippen LogP contribution is -2.48. The molecule has 1 amide bonds. The summed E-state index contributed by atoms with van der Waals surface area (Å²) >= 11 is 0. The fourth-order valence-corrected chi connectivity index (χ4v) is 3.48. The highest BCUT2D eigenvalue weighted by Crippen LogP contribution is 2.35. The van der Waals surface area contributed by atoms with Crippen LogP contribution in [-0.2, 0) is 6.54 Å². The zero-order valence-corrected chi connectivity index (χ0v) is 17.4. The van der Waals surface area contributed by atoms with Crippen LogP contribution in [0.4, 0.5) is 0 Å². The first-order valence-electron chi connectivity index (χ1n) is 9.54. The lowest BCUT2D eigenvalue weighted by atomic mass is 10.1. The number of methoxy groups -OCH3 is 4. The van der Waals surface area contributed by atoms with Gasteiger partial charge in [0.1, 0.15) is 11.5 Å². The van der Waals surface area contributed by atoms with E-state index in [-0.39, 0.29) is 5.91 Å². The van der Waals surface area contributed by atoms with Crippen LogP contribution in [0.1, 0.15) is 15.9 Å². The summed E-state index contributed by atoms with van der Waals surface area (Å²) in [5.41, 5.74) is 1.71. The van der Waals surface area contributed by atoms with Crippen LogP contribution < -0.4 is 18.9 Å². The molecule has 3 rings (SSSR count). The average molecular weight is 400 g/mol. The molecule has 0 saturated carbocycles. The fraction of sp³-hybridized carbons (Fsp3) is 0.409. The van der Waals surface area contributed by atoms with Gasteiger partial charge in [0, 0.05) is 49.9 Å². The number of amides is 1. The van der Waals surface area contributed by atoms with Crippen LogP contribution in [0.2, 0.25) is 0 Å². The standard InChI is InChI=1S/C22H28N2O5/c1-26-18-7-5-16(6-8-18)22(25)24-11-9-23(10-12-24)15-17-13-20(28-3)21(29-4)14-19(17)27-2/h5-8,13-14H,9-12,15H2,1-4H3. The highest BCUT2D eigenvalue weighted by molar-refractivity contribution is 5.94. The van der Waals surface area contributed by atoms with Crippen molar-refractivity contribution in [3.63, 3.8) is 0 Å². The number of carbonyl (C=O) groups excluding carboxylic acids is 1. The van der Waals surface area contributed by atoms with E-state index in [2.05, 4.69) is 4.90 Å². The quantitative estimate of drug-likeness (QED) is 0.712. The van der Waals surface area contributed by atoms with Crippen molar-refractivity contribution in [1.82, 2.24) is 9.80 Å². The zero-order valence-electron chi connectivity index (χ0n) is 17.4. The first-order chi connectivity index (χ1) is 14.1. The molecule has 0 bridgehead atoms. The molecule has 0 unspecified atom stereocenters. The van der Waals surface area contributed by atoms with Crippen LogP contribution in [0.3, 0.4) is 0 Å². The summed E-state index contributed by atoms with van der Waals surface area (Å²) in [6, 6.07) is 11.0. The third kappa shape index (κ3) is 4.74. The van der Waals surface area contributed by atoms with Crippen molar-refractivity contribution < 1.29 is 23.7 Å². The Morgan fingerprint density at radius 2 is 1.38 bits per heavy atom. The summed E-state index contributed by atoms with van der Waals surface area (Å²) in [6.45, 7) is 3.66. The number of piperazine rings is 1. The average Bonchev–Trinajstić information content (AvgIpc) is 2.78. The number of hydrogen-bond acceptors (Lipinski definition) is 6. The molecule has 0 spiro atoms. The summed E-state index contributed by atoms with van der Waals surface area (Å²) in [7, 11) is 6.49. The molecule has 156 valence electrons. The van der Waals surface area contributed by atoms with Crippen molar-refractivity contribution in [3.05, 3.63) is 47.5 Å². The smallest absolute Gasteiger partial charge is 0.253 e. The third-order valence-corrected chi connectivity index (χ3v) is 5.18. The van der Waals surface area contributed by atoms with Gasteiger partial charge in [0.2, 0.25) is 0 Å². The van der Waals surface area contributed by atoms with Gasteiger partial charge < -0.3 is 23.8 Å². The molecule has 2 aromatic rings. The first-order valence-corrected chi connectivity index (χ1v) is 9.54. The summed E-state index contributed by atoms with van der Waals surface area (Å²) in [4.78, 5) is 16.9. The monoisotopic (exact) mass is 400 g/mol. The lowest BCUT2D eigenvalue weighted by Gasteiger charge is -2.35. The predicted octanol–water partition coefficient (Wildman–Crippen LogP) is 2.68. The van der Waals surface area contributed by atoms with Gasteiger partial charge in [-0.2, -0.15) is 0 Å². The molecule has 1 heterocycles. The molecule has 7 heteroatoms. The number of ether oxygens (including phenoxy) is 4. The Hall–Kier alpha value is -2.93. The Kier molecular flexibility index (Phi) is 6.82. The van der Waals surface area contributed by atoms with Gasteiger partial charge in [-0.3, -0.25) is 9.69 Å². The van der Waals surface area contributed by atoms with Gasteiger partial charge in [0.25, 0.3) is 5.91 Å². The van der Waals surface area contributed by atoms with Crippen LogP contribution >= 0.6 is 0 Å². The van der Waals surface area contributed by atoms with Crippen molar-refractivity contribution in [1.29, 1.82) is 0 Å². The maximum Gasteiger partial charge on any atom is 0.253 e. The maximum absolute atomic E-state index is 12.7. The minimum absolute atomic E-state index is 0.0519. The second kappa shape index (κ2) is 9.52. The van der Waals surface area contributed by atoms with E-state index in [1.165, 1.54) is 0 Å². The van der Waals surface area contributed by atoms with Crippen molar-refractivity contribution in [2.24, 2.45) is 0 Å².